The Morgan fingerprint density at radius 2 is 2.33 bits per heavy atom. The first-order valence-corrected chi connectivity index (χ1v) is 5.81. The fraction of sp³-hybridized carbons (Fsp3) is 0.417. The van der Waals surface area contributed by atoms with Crippen molar-refractivity contribution in [3.8, 4) is 0 Å². The highest BCUT2D eigenvalue weighted by Crippen LogP contribution is 2.14. The summed E-state index contributed by atoms with van der Waals surface area (Å²) in [6, 6.07) is 1.85. The molecule has 0 saturated heterocycles. The predicted octanol–water partition coefficient (Wildman–Crippen LogP) is 1.76. The van der Waals surface area contributed by atoms with Crippen molar-refractivity contribution in [1.29, 1.82) is 0 Å². The lowest BCUT2D eigenvalue weighted by Crippen LogP contribution is -2.24. The number of carbonyl (C=O) groups is 1. The second kappa shape index (κ2) is 5.03. The van der Waals surface area contributed by atoms with Gasteiger partial charge in [0.15, 0.2) is 0 Å². The zero-order valence-electron chi connectivity index (χ0n) is 10.7. The molecule has 1 amide bonds. The lowest BCUT2D eigenvalue weighted by molar-refractivity contribution is 0.0945. The highest BCUT2D eigenvalue weighted by molar-refractivity contribution is 5.93. The number of aromatic nitrogens is 3. The summed E-state index contributed by atoms with van der Waals surface area (Å²) in [4.78, 5) is 18.6. The molecule has 0 bridgehead atoms. The Balaban J connectivity index is 1.95. The molecule has 0 aliphatic carbocycles. The third kappa shape index (κ3) is 2.58. The van der Waals surface area contributed by atoms with Crippen LogP contribution in [-0.4, -0.2) is 21.0 Å². The van der Waals surface area contributed by atoms with E-state index in [9.17, 15) is 4.79 Å². The van der Waals surface area contributed by atoms with Gasteiger partial charge in [0.05, 0.1) is 12.9 Å². The van der Waals surface area contributed by atoms with Gasteiger partial charge >= 0.3 is 0 Å². The largest absolute Gasteiger partial charge is 0.361 e. The third-order valence-electron chi connectivity index (χ3n) is 2.62. The van der Waals surface area contributed by atoms with Crippen molar-refractivity contribution < 1.29 is 9.32 Å². The molecule has 2 N–H and O–H groups in total. The summed E-state index contributed by atoms with van der Waals surface area (Å²) >= 11 is 0. The first kappa shape index (κ1) is 12.3. The Kier molecular flexibility index (Phi) is 3.45. The maximum atomic E-state index is 11.8. The molecule has 0 aliphatic heterocycles. The number of hydrogen-bond donors (Lipinski definition) is 2. The minimum absolute atomic E-state index is 0.220. The van der Waals surface area contributed by atoms with Crippen LogP contribution in [-0.2, 0) is 6.54 Å². The van der Waals surface area contributed by atoms with Gasteiger partial charge in [-0.1, -0.05) is 19.0 Å². The second-order valence-electron chi connectivity index (χ2n) is 4.43. The molecule has 2 aromatic rings. The molecular weight excluding hydrogens is 232 g/mol. The molecule has 6 heteroatoms. The second-order valence-corrected chi connectivity index (χ2v) is 4.43. The summed E-state index contributed by atoms with van der Waals surface area (Å²) in [5.41, 5.74) is 1.86. The molecule has 0 radical (unpaired) electrons. The van der Waals surface area contributed by atoms with Gasteiger partial charge < -0.3 is 14.8 Å². The molecule has 96 valence electrons. The fourth-order valence-electron chi connectivity index (χ4n) is 1.53. The quantitative estimate of drug-likeness (QED) is 0.863. The van der Waals surface area contributed by atoms with Crippen LogP contribution in [0.15, 0.2) is 16.9 Å². The van der Waals surface area contributed by atoms with E-state index in [4.69, 9.17) is 4.52 Å². The summed E-state index contributed by atoms with van der Waals surface area (Å²) in [5, 5.41) is 6.65. The van der Waals surface area contributed by atoms with E-state index in [1.54, 1.807) is 6.92 Å². The molecule has 2 heterocycles. The van der Waals surface area contributed by atoms with Gasteiger partial charge in [0.25, 0.3) is 5.91 Å². The highest BCUT2D eigenvalue weighted by atomic mass is 16.5. The smallest absolute Gasteiger partial charge is 0.272 e. The molecule has 18 heavy (non-hydrogen) atoms. The third-order valence-corrected chi connectivity index (χ3v) is 2.62. The van der Waals surface area contributed by atoms with E-state index < -0.39 is 0 Å². The number of amides is 1. The normalized spacial score (nSPS) is 10.9. The van der Waals surface area contributed by atoms with Crippen LogP contribution in [0.25, 0.3) is 0 Å². The van der Waals surface area contributed by atoms with Crippen LogP contribution in [0.4, 0.5) is 0 Å². The lowest BCUT2D eigenvalue weighted by Gasteiger charge is -2.00. The van der Waals surface area contributed by atoms with Gasteiger partial charge in [-0.3, -0.25) is 4.79 Å². The minimum atomic E-state index is -0.220. The summed E-state index contributed by atoms with van der Waals surface area (Å²) in [6.45, 7) is 6.18. The summed E-state index contributed by atoms with van der Waals surface area (Å²) < 4.78 is 5.15. The average Bonchev–Trinajstić information content (AvgIpc) is 2.94. The number of nitrogens with one attached hydrogen (secondary N) is 2. The molecule has 0 spiro atoms. The number of hydrogen-bond acceptors (Lipinski definition) is 4. The number of rotatable bonds is 4. The van der Waals surface area contributed by atoms with Crippen LogP contribution >= 0.6 is 0 Å². The number of aromatic amines is 1. The topological polar surface area (TPSA) is 83.8 Å². The summed E-state index contributed by atoms with van der Waals surface area (Å²) in [5.74, 6) is 0.883. The van der Waals surface area contributed by atoms with Crippen LogP contribution in [0.5, 0.6) is 0 Å². The van der Waals surface area contributed by atoms with Crippen molar-refractivity contribution in [2.45, 2.75) is 33.2 Å². The van der Waals surface area contributed by atoms with Gasteiger partial charge in [-0.25, -0.2) is 4.98 Å². The van der Waals surface area contributed by atoms with Crippen molar-refractivity contribution in [3.63, 3.8) is 0 Å². The SMILES string of the molecule is Cc1[nH]cnc1C(=O)NCc1cc(C(C)C)on1. The van der Waals surface area contributed by atoms with Crippen LogP contribution < -0.4 is 5.32 Å². The maximum Gasteiger partial charge on any atom is 0.272 e. The molecular formula is C12H16N4O2. The monoisotopic (exact) mass is 248 g/mol. The Bertz CT molecular complexity index is 542. The number of imidazole rings is 1. The zero-order chi connectivity index (χ0) is 13.1. The molecule has 0 aliphatic rings. The Morgan fingerprint density at radius 1 is 1.56 bits per heavy atom. The van der Waals surface area contributed by atoms with Gasteiger partial charge in [-0.05, 0) is 6.92 Å². The van der Waals surface area contributed by atoms with E-state index in [-0.39, 0.29) is 11.8 Å². The first-order valence-electron chi connectivity index (χ1n) is 5.81. The Hall–Kier alpha value is -2.11. The van der Waals surface area contributed by atoms with Gasteiger partial charge in [0.2, 0.25) is 0 Å². The van der Waals surface area contributed by atoms with E-state index in [0.717, 1.165) is 11.5 Å². The van der Waals surface area contributed by atoms with Crippen molar-refractivity contribution in [1.82, 2.24) is 20.4 Å². The molecule has 0 fully saturated rings. The molecule has 0 aromatic carbocycles. The maximum absolute atomic E-state index is 11.8. The van der Waals surface area contributed by atoms with Gasteiger partial charge in [0.1, 0.15) is 17.1 Å². The first-order chi connectivity index (χ1) is 8.58. The average molecular weight is 248 g/mol. The minimum Gasteiger partial charge on any atom is -0.361 e. The summed E-state index contributed by atoms with van der Waals surface area (Å²) in [6.07, 6.45) is 1.50. The summed E-state index contributed by atoms with van der Waals surface area (Å²) in [7, 11) is 0. The van der Waals surface area contributed by atoms with E-state index >= 15 is 0 Å². The molecule has 2 aromatic heterocycles. The van der Waals surface area contributed by atoms with E-state index in [0.29, 0.717) is 17.9 Å². The van der Waals surface area contributed by atoms with Crippen molar-refractivity contribution in [2.75, 3.05) is 0 Å². The number of aryl methyl sites for hydroxylation is 1. The van der Waals surface area contributed by atoms with Gasteiger partial charge in [-0.15, -0.1) is 0 Å². The zero-order valence-corrected chi connectivity index (χ0v) is 10.7. The number of nitrogens with zero attached hydrogens (tertiary/aromatic N) is 2. The van der Waals surface area contributed by atoms with Crippen molar-refractivity contribution in [3.05, 3.63) is 35.2 Å². The van der Waals surface area contributed by atoms with Crippen LogP contribution in [0.1, 0.15) is 47.4 Å². The van der Waals surface area contributed by atoms with E-state index in [1.165, 1.54) is 6.33 Å². The molecule has 0 unspecified atom stereocenters. The molecule has 0 saturated carbocycles. The molecule has 6 nitrogen and oxygen atoms in total. The van der Waals surface area contributed by atoms with Crippen LogP contribution in [0, 0.1) is 6.92 Å². The number of H-pyrrole nitrogens is 1. The Labute approximate surface area is 105 Å². The molecule has 0 atom stereocenters. The van der Waals surface area contributed by atoms with E-state index in [2.05, 4.69) is 20.4 Å². The van der Waals surface area contributed by atoms with Gasteiger partial charge in [0, 0.05) is 17.7 Å². The standard InChI is InChI=1S/C12H16N4O2/c1-7(2)10-4-9(16-18-10)5-13-12(17)11-8(3)14-6-15-11/h4,6-7H,5H2,1-3H3,(H,13,17)(H,14,15). The lowest BCUT2D eigenvalue weighted by atomic mass is 10.1. The van der Waals surface area contributed by atoms with Gasteiger partial charge in [-0.2, -0.15) is 0 Å². The van der Waals surface area contributed by atoms with Crippen LogP contribution in [0.3, 0.4) is 0 Å². The predicted molar refractivity (Wildman–Crippen MR) is 65.1 cm³/mol. The molecule has 2 rings (SSSR count). The number of carbonyl (C=O) groups excluding carboxylic acids is 1. The van der Waals surface area contributed by atoms with Crippen molar-refractivity contribution in [2.24, 2.45) is 0 Å². The Morgan fingerprint density at radius 3 is 2.89 bits per heavy atom. The fourth-order valence-corrected chi connectivity index (χ4v) is 1.53. The van der Waals surface area contributed by atoms with Crippen LogP contribution in [0.2, 0.25) is 0 Å². The highest BCUT2D eigenvalue weighted by Gasteiger charge is 2.13. The van der Waals surface area contributed by atoms with E-state index in [1.807, 2.05) is 19.9 Å². The van der Waals surface area contributed by atoms with Crippen molar-refractivity contribution >= 4 is 5.91 Å².